The maximum Gasteiger partial charge on any atom is 2.00 e. The summed E-state index contributed by atoms with van der Waals surface area (Å²) in [4.78, 5) is 48.1. The quantitative estimate of drug-likeness (QED) is 0.132. The molecule has 0 amide bonds. The van der Waals surface area contributed by atoms with Crippen molar-refractivity contribution in [2.45, 2.75) is 0 Å². The van der Waals surface area contributed by atoms with Crippen LogP contribution in [0.5, 0.6) is 0 Å². The standard InChI is InChI=1S/C41H11N16.CH3.Co/c1-46-30-10-26-24(8-20(30)16-44)36-51-34-22-6-18(14-42)19(15-43)7-23(22)35(50-34)52-37-25-9-21(17-45)31(47-2)11-27(25)39(54-37)56-41-29-13-33(49-4)32(48-3)12-28(29)40(57(41)5)55-38(26)53-36;;/h6-13H,5H3;1H3;/q2*-1;+2. The first-order valence-corrected chi connectivity index (χ1v) is 16.3. The molecule has 8 bridgehead atoms. The summed E-state index contributed by atoms with van der Waals surface area (Å²) in [5, 5.41) is 41.3. The molecule has 271 valence electrons. The van der Waals surface area contributed by atoms with Gasteiger partial charge < -0.3 is 26.9 Å². The van der Waals surface area contributed by atoms with E-state index >= 15 is 0 Å². The number of nitrogens with zero attached hydrogens (tertiary/aromatic N) is 16. The van der Waals surface area contributed by atoms with Crippen LogP contribution < -0.4 is 4.98 Å². The van der Waals surface area contributed by atoms with Crippen LogP contribution in [0, 0.1) is 79.0 Å². The van der Waals surface area contributed by atoms with Gasteiger partial charge in [0.1, 0.15) is 23.4 Å². The van der Waals surface area contributed by atoms with Crippen LogP contribution >= 0.6 is 0 Å². The van der Waals surface area contributed by atoms with Gasteiger partial charge >= 0.3 is 16.8 Å². The fourth-order valence-corrected chi connectivity index (χ4v) is 6.87. The Hall–Kier alpha value is -9.33. The molecular formula is C42H14CoN16. The predicted molar refractivity (Wildman–Crippen MR) is 210 cm³/mol. The molecule has 0 N–H and O–H groups in total. The van der Waals surface area contributed by atoms with Gasteiger partial charge in [-0.2, -0.15) is 21.0 Å². The SMILES string of the molecule is [C-]#[N+]c1cc2c(cc1C#N)-c1nc-2nc2c3cc([N+]#[C-])c([N+]#[C-])cc3c(nc3nc(nc4[n-]c(n1)c1cc(C#N)c(C#N)cc41)-c1cc(C#N)c([N+]#[C-])cc1-3)n2C.[CH3-].[Co+2]. The summed E-state index contributed by atoms with van der Waals surface area (Å²) in [5.41, 5.74) is 2.65. The Morgan fingerprint density at radius 3 is 1.19 bits per heavy atom. The largest absolute Gasteiger partial charge is 2.00 e. The molecule has 0 saturated heterocycles. The zero-order valence-corrected chi connectivity index (χ0v) is 31.1. The second kappa shape index (κ2) is 14.1. The van der Waals surface area contributed by atoms with E-state index in [1.807, 2.05) is 24.3 Å². The summed E-state index contributed by atoms with van der Waals surface area (Å²) in [6, 6.07) is 20.1. The maximum atomic E-state index is 9.95. The van der Waals surface area contributed by atoms with Crippen LogP contribution in [0.25, 0.3) is 109 Å². The van der Waals surface area contributed by atoms with Gasteiger partial charge in [0.2, 0.25) is 11.4 Å². The van der Waals surface area contributed by atoms with Crippen LogP contribution in [-0.4, -0.2) is 34.5 Å². The van der Waals surface area contributed by atoms with Gasteiger partial charge in [-0.25, -0.2) is 29.6 Å². The molecule has 0 saturated carbocycles. The zero-order valence-electron chi connectivity index (χ0n) is 30.1. The molecule has 0 atom stereocenters. The Morgan fingerprint density at radius 1 is 0.475 bits per heavy atom. The van der Waals surface area contributed by atoms with Crippen molar-refractivity contribution in [1.82, 2.24) is 39.5 Å². The first-order chi connectivity index (χ1) is 27.7. The minimum absolute atomic E-state index is 0. The second-order valence-electron chi connectivity index (χ2n) is 12.5. The third-order valence-electron chi connectivity index (χ3n) is 9.55. The number of nitriles is 4. The van der Waals surface area contributed by atoms with E-state index in [2.05, 4.69) is 19.4 Å². The third kappa shape index (κ3) is 5.51. The van der Waals surface area contributed by atoms with E-state index in [-0.39, 0.29) is 115 Å². The van der Waals surface area contributed by atoms with E-state index < -0.39 is 0 Å². The number of hydrogen-bond donors (Lipinski definition) is 0. The molecule has 16 nitrogen and oxygen atoms in total. The Balaban J connectivity index is 0.00000264. The molecule has 59 heavy (non-hydrogen) atoms. The first-order valence-electron chi connectivity index (χ1n) is 16.3. The molecule has 17 heteroatoms. The van der Waals surface area contributed by atoms with E-state index in [1.165, 1.54) is 48.5 Å². The number of hydrogen-bond acceptors (Lipinski definition) is 10. The van der Waals surface area contributed by atoms with Crippen molar-refractivity contribution >= 4 is 66.9 Å². The van der Waals surface area contributed by atoms with Crippen LogP contribution in [0.3, 0.4) is 0 Å². The molecule has 7 aromatic rings. The summed E-state index contributed by atoms with van der Waals surface area (Å²) in [6.45, 7) is 31.1. The summed E-state index contributed by atoms with van der Waals surface area (Å²) in [7, 11) is 1.68. The van der Waals surface area contributed by atoms with Crippen molar-refractivity contribution < 1.29 is 16.8 Å². The van der Waals surface area contributed by atoms with E-state index in [1.54, 1.807) is 11.6 Å². The molecular weight excluding hydrogens is 788 g/mol. The van der Waals surface area contributed by atoms with Crippen molar-refractivity contribution in [3.8, 4) is 69.8 Å². The monoisotopic (exact) mass is 801 g/mol. The molecule has 2 aliphatic heterocycles. The van der Waals surface area contributed by atoms with Crippen molar-refractivity contribution in [3.63, 3.8) is 0 Å². The van der Waals surface area contributed by atoms with Gasteiger partial charge in [0.05, 0.1) is 72.3 Å². The Labute approximate surface area is 343 Å². The van der Waals surface area contributed by atoms with Gasteiger partial charge in [0.25, 0.3) is 0 Å². The molecule has 3 aromatic heterocycles. The fourth-order valence-electron chi connectivity index (χ4n) is 6.87. The average molecular weight is 802 g/mol. The van der Waals surface area contributed by atoms with E-state index in [9.17, 15) is 21.0 Å². The number of fused-ring (bicyclic) bond motifs is 20. The van der Waals surface area contributed by atoms with Crippen molar-refractivity contribution in [2.24, 2.45) is 7.05 Å². The predicted octanol–water partition coefficient (Wildman–Crippen LogP) is 8.65. The third-order valence-corrected chi connectivity index (χ3v) is 9.55. The first kappa shape index (κ1) is 38.0. The molecule has 1 radical (unpaired) electrons. The van der Waals surface area contributed by atoms with Crippen LogP contribution in [0.2, 0.25) is 0 Å². The Kier molecular flexibility index (Phi) is 9.05. The number of aryl methyl sites for hydroxylation is 1. The van der Waals surface area contributed by atoms with Crippen molar-refractivity contribution in [3.05, 3.63) is 124 Å². The molecule has 0 unspecified atom stereocenters. The average Bonchev–Trinajstić information content (AvgIpc) is 3.94. The van der Waals surface area contributed by atoms with Crippen LogP contribution in [-0.2, 0) is 23.8 Å². The number of benzene rings is 4. The molecule has 0 fully saturated rings. The van der Waals surface area contributed by atoms with Gasteiger partial charge in [-0.3, -0.25) is 9.69 Å². The summed E-state index contributed by atoms with van der Waals surface area (Å²) in [5.74, 6) is 0.353. The normalized spacial score (nSPS) is 10.4. The molecule has 9 rings (SSSR count). The molecule has 0 spiro atoms. The second-order valence-corrected chi connectivity index (χ2v) is 12.5. The van der Waals surface area contributed by atoms with E-state index in [0.717, 1.165) is 0 Å². The molecule has 5 heterocycles. The summed E-state index contributed by atoms with van der Waals surface area (Å²) in [6.07, 6.45) is 0. The molecule has 0 aliphatic carbocycles. The minimum Gasteiger partial charge on any atom is -0.358 e. The van der Waals surface area contributed by atoms with Gasteiger partial charge in [-0.05, 0) is 47.2 Å². The maximum absolute atomic E-state index is 9.95. The summed E-state index contributed by atoms with van der Waals surface area (Å²) >= 11 is 0. The van der Waals surface area contributed by atoms with Crippen LogP contribution in [0.4, 0.5) is 22.7 Å². The van der Waals surface area contributed by atoms with Crippen molar-refractivity contribution in [2.75, 3.05) is 0 Å². The van der Waals surface area contributed by atoms with Gasteiger partial charge in [-0.15, -0.1) is 0 Å². The Morgan fingerprint density at radius 2 is 0.831 bits per heavy atom. The van der Waals surface area contributed by atoms with Gasteiger partial charge in [-0.1, -0.05) is 12.1 Å². The van der Waals surface area contributed by atoms with E-state index in [4.69, 9.17) is 61.2 Å². The minimum atomic E-state index is 0. The zero-order chi connectivity index (χ0) is 39.7. The number of rotatable bonds is 0. The topological polar surface area (TPSA) is 209 Å². The Bertz CT molecular complexity index is 3410. The van der Waals surface area contributed by atoms with Crippen LogP contribution in [0.1, 0.15) is 22.3 Å². The molecule has 2 aliphatic rings. The number of aromatic nitrogens is 8. The van der Waals surface area contributed by atoms with Gasteiger partial charge in [0, 0.05) is 51.4 Å². The van der Waals surface area contributed by atoms with Crippen LogP contribution in [0.15, 0.2) is 48.5 Å². The fraction of sp³-hybridized carbons (Fsp3) is 0.0238. The van der Waals surface area contributed by atoms with Crippen molar-refractivity contribution in [1.29, 1.82) is 21.0 Å². The molecule has 4 aromatic carbocycles. The summed E-state index contributed by atoms with van der Waals surface area (Å²) < 4.78 is 1.64. The smallest absolute Gasteiger partial charge is 0.358 e. The van der Waals surface area contributed by atoms with Gasteiger partial charge in [0.15, 0.2) is 23.0 Å². The van der Waals surface area contributed by atoms with E-state index in [0.29, 0.717) is 43.8 Å².